The minimum absolute atomic E-state index is 0.0138. The smallest absolute Gasteiger partial charge is 0.179 e. The van der Waals surface area contributed by atoms with Gasteiger partial charge in [-0.05, 0) is 50.1 Å². The molecular weight excluding hydrogens is 262 g/mol. The Morgan fingerprint density at radius 2 is 1.95 bits per heavy atom. The molecule has 0 aliphatic rings. The summed E-state index contributed by atoms with van der Waals surface area (Å²) in [6.45, 7) is 6.46. The van der Waals surface area contributed by atoms with Crippen molar-refractivity contribution in [1.82, 2.24) is 5.32 Å². The normalized spacial score (nSPS) is 13.5. The summed E-state index contributed by atoms with van der Waals surface area (Å²) in [4.78, 5) is 0.358. The highest BCUT2D eigenvalue weighted by Crippen LogP contribution is 2.17. The molecule has 4 nitrogen and oxygen atoms in total. The molecule has 0 saturated heterocycles. The molecule has 0 fully saturated rings. The second-order valence-electron chi connectivity index (χ2n) is 4.79. The van der Waals surface area contributed by atoms with Crippen LogP contribution < -0.4 is 5.32 Å². The SMILES string of the molecule is CCNC(CCO)CS(=O)(=O)c1ccc(C)c(C)c1. The zero-order valence-corrected chi connectivity index (χ0v) is 12.6. The zero-order chi connectivity index (χ0) is 14.5. The number of nitrogens with one attached hydrogen (secondary N) is 1. The predicted octanol–water partition coefficient (Wildman–Crippen LogP) is 1.44. The summed E-state index contributed by atoms with van der Waals surface area (Å²) in [5.41, 5.74) is 2.06. The van der Waals surface area contributed by atoms with E-state index >= 15 is 0 Å². The van der Waals surface area contributed by atoms with Crippen LogP contribution in [0.3, 0.4) is 0 Å². The fourth-order valence-corrected chi connectivity index (χ4v) is 3.60. The van der Waals surface area contributed by atoms with Crippen molar-refractivity contribution < 1.29 is 13.5 Å². The Morgan fingerprint density at radius 3 is 2.47 bits per heavy atom. The molecule has 5 heteroatoms. The maximum absolute atomic E-state index is 12.3. The summed E-state index contributed by atoms with van der Waals surface area (Å²) in [6.07, 6.45) is 0.442. The van der Waals surface area contributed by atoms with E-state index in [2.05, 4.69) is 5.32 Å². The van der Waals surface area contributed by atoms with Crippen LogP contribution >= 0.6 is 0 Å². The van der Waals surface area contributed by atoms with Gasteiger partial charge in [0.15, 0.2) is 9.84 Å². The molecule has 1 aromatic carbocycles. The van der Waals surface area contributed by atoms with E-state index in [1.807, 2.05) is 26.8 Å². The highest BCUT2D eigenvalue weighted by molar-refractivity contribution is 7.91. The summed E-state index contributed by atoms with van der Waals surface area (Å²) >= 11 is 0. The number of aliphatic hydroxyl groups excluding tert-OH is 1. The highest BCUT2D eigenvalue weighted by Gasteiger charge is 2.20. The van der Waals surface area contributed by atoms with Crippen molar-refractivity contribution in [2.45, 2.75) is 38.1 Å². The first-order chi connectivity index (χ1) is 8.90. The molecule has 0 aromatic heterocycles. The van der Waals surface area contributed by atoms with Crippen LogP contribution in [0.2, 0.25) is 0 Å². The molecule has 0 radical (unpaired) electrons. The van der Waals surface area contributed by atoms with Gasteiger partial charge in [0.25, 0.3) is 0 Å². The van der Waals surface area contributed by atoms with E-state index in [-0.39, 0.29) is 18.4 Å². The molecule has 1 atom stereocenters. The molecule has 0 bridgehead atoms. The molecule has 0 spiro atoms. The zero-order valence-electron chi connectivity index (χ0n) is 11.8. The van der Waals surface area contributed by atoms with E-state index in [0.29, 0.717) is 17.9 Å². The van der Waals surface area contributed by atoms with Crippen molar-refractivity contribution in [2.24, 2.45) is 0 Å². The Hall–Kier alpha value is -0.910. The Morgan fingerprint density at radius 1 is 1.26 bits per heavy atom. The maximum atomic E-state index is 12.3. The number of hydrogen-bond acceptors (Lipinski definition) is 4. The van der Waals surface area contributed by atoms with Gasteiger partial charge in [-0.2, -0.15) is 0 Å². The summed E-state index contributed by atoms with van der Waals surface area (Å²) in [7, 11) is -3.32. The van der Waals surface area contributed by atoms with Crippen molar-refractivity contribution in [2.75, 3.05) is 18.9 Å². The summed E-state index contributed by atoms with van der Waals surface area (Å²) in [6, 6.07) is 4.99. The fraction of sp³-hybridized carbons (Fsp3) is 0.571. The number of aryl methyl sites for hydroxylation is 2. The fourth-order valence-electron chi connectivity index (χ4n) is 1.96. The lowest BCUT2D eigenvalue weighted by molar-refractivity contribution is 0.270. The van der Waals surface area contributed by atoms with Crippen LogP contribution in [0.25, 0.3) is 0 Å². The Bertz CT molecular complexity index is 505. The van der Waals surface area contributed by atoms with Crippen LogP contribution in [-0.2, 0) is 9.84 Å². The van der Waals surface area contributed by atoms with Crippen LogP contribution in [0.1, 0.15) is 24.5 Å². The molecule has 0 aliphatic carbocycles. The average molecular weight is 285 g/mol. The third-order valence-electron chi connectivity index (χ3n) is 3.23. The van der Waals surface area contributed by atoms with E-state index < -0.39 is 9.84 Å². The molecule has 1 rings (SSSR count). The summed E-state index contributed by atoms with van der Waals surface area (Å²) in [5.74, 6) is 0.0178. The minimum atomic E-state index is -3.32. The second-order valence-corrected chi connectivity index (χ2v) is 6.83. The molecule has 0 saturated carbocycles. The van der Waals surface area contributed by atoms with Gasteiger partial charge in [0.05, 0.1) is 10.6 Å². The standard InChI is InChI=1S/C14H23NO3S/c1-4-15-13(7-8-16)10-19(17,18)14-6-5-11(2)12(3)9-14/h5-6,9,13,15-16H,4,7-8,10H2,1-3H3. The number of hydrogen-bond donors (Lipinski definition) is 2. The topological polar surface area (TPSA) is 66.4 Å². The lowest BCUT2D eigenvalue weighted by Gasteiger charge is -2.17. The largest absolute Gasteiger partial charge is 0.396 e. The highest BCUT2D eigenvalue weighted by atomic mass is 32.2. The van der Waals surface area contributed by atoms with Crippen LogP contribution in [0.4, 0.5) is 0 Å². The first-order valence-corrected chi connectivity index (χ1v) is 8.20. The lowest BCUT2D eigenvalue weighted by atomic mass is 10.1. The molecule has 0 heterocycles. The third kappa shape index (κ3) is 4.60. The van der Waals surface area contributed by atoms with Crippen molar-refractivity contribution in [3.8, 4) is 0 Å². The Balaban J connectivity index is 2.92. The van der Waals surface area contributed by atoms with Gasteiger partial charge in [-0.3, -0.25) is 0 Å². The van der Waals surface area contributed by atoms with Crippen LogP contribution in [0.5, 0.6) is 0 Å². The molecule has 1 aromatic rings. The van der Waals surface area contributed by atoms with Gasteiger partial charge in [-0.15, -0.1) is 0 Å². The van der Waals surface area contributed by atoms with Gasteiger partial charge >= 0.3 is 0 Å². The monoisotopic (exact) mass is 285 g/mol. The van der Waals surface area contributed by atoms with Crippen LogP contribution in [-0.4, -0.2) is 38.5 Å². The molecule has 0 aliphatic heterocycles. The van der Waals surface area contributed by atoms with E-state index in [0.717, 1.165) is 11.1 Å². The quantitative estimate of drug-likeness (QED) is 0.795. The predicted molar refractivity (Wildman–Crippen MR) is 77.1 cm³/mol. The molecule has 0 amide bonds. The average Bonchev–Trinajstić information content (AvgIpc) is 2.32. The lowest BCUT2D eigenvalue weighted by Crippen LogP contribution is -2.36. The molecule has 108 valence electrons. The van der Waals surface area contributed by atoms with E-state index in [1.165, 1.54) is 0 Å². The van der Waals surface area contributed by atoms with Crippen molar-refractivity contribution in [3.05, 3.63) is 29.3 Å². The first-order valence-electron chi connectivity index (χ1n) is 6.55. The third-order valence-corrected chi connectivity index (χ3v) is 5.04. The molecule has 2 N–H and O–H groups in total. The van der Waals surface area contributed by atoms with Crippen LogP contribution in [0, 0.1) is 13.8 Å². The molecule has 1 unspecified atom stereocenters. The van der Waals surface area contributed by atoms with Crippen molar-refractivity contribution in [1.29, 1.82) is 0 Å². The maximum Gasteiger partial charge on any atom is 0.179 e. The van der Waals surface area contributed by atoms with Gasteiger partial charge in [-0.25, -0.2) is 8.42 Å². The minimum Gasteiger partial charge on any atom is -0.396 e. The van der Waals surface area contributed by atoms with E-state index in [9.17, 15) is 8.42 Å². The Labute approximate surface area is 115 Å². The van der Waals surface area contributed by atoms with Gasteiger partial charge < -0.3 is 10.4 Å². The van der Waals surface area contributed by atoms with Crippen molar-refractivity contribution >= 4 is 9.84 Å². The first kappa shape index (κ1) is 16.1. The second kappa shape index (κ2) is 7.03. The summed E-state index contributed by atoms with van der Waals surface area (Å²) < 4.78 is 24.7. The van der Waals surface area contributed by atoms with Gasteiger partial charge in [0, 0.05) is 12.6 Å². The molecule has 19 heavy (non-hydrogen) atoms. The van der Waals surface area contributed by atoms with Gasteiger partial charge in [-0.1, -0.05) is 13.0 Å². The molecular formula is C14H23NO3S. The van der Waals surface area contributed by atoms with E-state index in [4.69, 9.17) is 5.11 Å². The number of sulfone groups is 1. The van der Waals surface area contributed by atoms with E-state index in [1.54, 1.807) is 12.1 Å². The number of aliphatic hydroxyl groups is 1. The van der Waals surface area contributed by atoms with Crippen LogP contribution in [0.15, 0.2) is 23.1 Å². The summed E-state index contributed by atoms with van der Waals surface area (Å²) in [5, 5.41) is 12.1. The number of rotatable bonds is 7. The van der Waals surface area contributed by atoms with Gasteiger partial charge in [0.2, 0.25) is 0 Å². The van der Waals surface area contributed by atoms with Gasteiger partial charge in [0.1, 0.15) is 0 Å². The Kier molecular flexibility index (Phi) is 5.97. The van der Waals surface area contributed by atoms with Crippen molar-refractivity contribution in [3.63, 3.8) is 0 Å². The number of benzene rings is 1.